The summed E-state index contributed by atoms with van der Waals surface area (Å²) >= 11 is 0. The van der Waals surface area contributed by atoms with Crippen LogP contribution < -0.4 is 0 Å². The molecule has 116 valence electrons. The van der Waals surface area contributed by atoms with Crippen LogP contribution in [-0.2, 0) is 11.2 Å². The Kier molecular flexibility index (Phi) is 5.28. The monoisotopic (exact) mass is 297 g/mol. The number of hydrogen-bond donors (Lipinski definition) is 1. The van der Waals surface area contributed by atoms with Crippen LogP contribution in [0.1, 0.15) is 37.7 Å². The Morgan fingerprint density at radius 3 is 2.67 bits per heavy atom. The van der Waals surface area contributed by atoms with Crippen molar-refractivity contribution < 1.29 is 18.7 Å². The molecule has 1 saturated carbocycles. The van der Waals surface area contributed by atoms with E-state index in [9.17, 15) is 18.7 Å². The Bertz CT molecular complexity index is 507. The summed E-state index contributed by atoms with van der Waals surface area (Å²) in [4.78, 5) is 13.8. The first-order valence-electron chi connectivity index (χ1n) is 7.36. The summed E-state index contributed by atoms with van der Waals surface area (Å²) in [7, 11) is 1.70. The van der Waals surface area contributed by atoms with E-state index in [1.54, 1.807) is 11.9 Å². The highest BCUT2D eigenvalue weighted by atomic mass is 19.2. The predicted molar refractivity (Wildman–Crippen MR) is 75.7 cm³/mol. The van der Waals surface area contributed by atoms with Gasteiger partial charge in [0, 0.05) is 13.5 Å². The minimum Gasteiger partial charge on any atom is -0.391 e. The largest absolute Gasteiger partial charge is 0.391 e. The molecule has 1 aromatic rings. The third kappa shape index (κ3) is 4.00. The van der Waals surface area contributed by atoms with E-state index in [1.807, 2.05) is 0 Å². The molecule has 3 nitrogen and oxygen atoms in total. The molecule has 1 aromatic carbocycles. The SMILES string of the molecule is CN(C(=O)CCc1ccc(F)c(F)c1)C1CCCCC1O. The van der Waals surface area contributed by atoms with Gasteiger partial charge in [0.2, 0.25) is 5.91 Å². The highest BCUT2D eigenvalue weighted by Gasteiger charge is 2.28. The number of benzene rings is 1. The molecular weight excluding hydrogens is 276 g/mol. The topological polar surface area (TPSA) is 40.5 Å². The summed E-state index contributed by atoms with van der Waals surface area (Å²) < 4.78 is 25.9. The van der Waals surface area contributed by atoms with E-state index < -0.39 is 17.7 Å². The summed E-state index contributed by atoms with van der Waals surface area (Å²) in [5.41, 5.74) is 0.597. The lowest BCUT2D eigenvalue weighted by molar-refractivity contribution is -0.135. The van der Waals surface area contributed by atoms with E-state index in [0.29, 0.717) is 12.0 Å². The standard InChI is InChI=1S/C16H21F2NO2/c1-19(14-4-2-3-5-15(14)20)16(21)9-7-11-6-8-12(17)13(18)10-11/h6,8,10,14-15,20H,2-5,7,9H2,1H3. The normalized spacial score (nSPS) is 22.1. The summed E-state index contributed by atoms with van der Waals surface area (Å²) in [5.74, 6) is -1.85. The number of halogens is 2. The molecule has 1 aliphatic carbocycles. The fourth-order valence-corrected chi connectivity index (χ4v) is 2.85. The average Bonchev–Trinajstić information content (AvgIpc) is 2.48. The number of amides is 1. The number of rotatable bonds is 4. The second-order valence-corrected chi connectivity index (χ2v) is 5.67. The van der Waals surface area contributed by atoms with Crippen LogP contribution in [-0.4, -0.2) is 35.1 Å². The molecule has 0 bridgehead atoms. The molecule has 0 heterocycles. The Balaban J connectivity index is 1.89. The van der Waals surface area contributed by atoms with Crippen LogP contribution in [0.2, 0.25) is 0 Å². The van der Waals surface area contributed by atoms with Crippen molar-refractivity contribution in [2.75, 3.05) is 7.05 Å². The predicted octanol–water partition coefficient (Wildman–Crippen LogP) is 2.66. The fourth-order valence-electron chi connectivity index (χ4n) is 2.85. The molecule has 2 rings (SSSR count). The first-order valence-corrected chi connectivity index (χ1v) is 7.36. The van der Waals surface area contributed by atoms with Crippen LogP contribution in [0.5, 0.6) is 0 Å². The van der Waals surface area contributed by atoms with Gasteiger partial charge in [0.25, 0.3) is 0 Å². The van der Waals surface area contributed by atoms with Gasteiger partial charge >= 0.3 is 0 Å². The van der Waals surface area contributed by atoms with Crippen LogP contribution in [0.4, 0.5) is 8.78 Å². The molecule has 1 fully saturated rings. The summed E-state index contributed by atoms with van der Waals surface area (Å²) in [6.45, 7) is 0. The Labute approximate surface area is 123 Å². The van der Waals surface area contributed by atoms with E-state index >= 15 is 0 Å². The molecule has 21 heavy (non-hydrogen) atoms. The number of aliphatic hydroxyl groups is 1. The molecule has 1 aliphatic rings. The zero-order valence-electron chi connectivity index (χ0n) is 12.2. The Morgan fingerprint density at radius 2 is 2.00 bits per heavy atom. The number of aliphatic hydroxyl groups excluding tert-OH is 1. The number of hydrogen-bond acceptors (Lipinski definition) is 2. The van der Waals surface area contributed by atoms with Gasteiger partial charge in [0.1, 0.15) is 0 Å². The molecule has 5 heteroatoms. The zero-order valence-corrected chi connectivity index (χ0v) is 12.2. The van der Waals surface area contributed by atoms with Crippen molar-refractivity contribution >= 4 is 5.91 Å². The second kappa shape index (κ2) is 6.98. The van der Waals surface area contributed by atoms with E-state index in [0.717, 1.165) is 37.8 Å². The summed E-state index contributed by atoms with van der Waals surface area (Å²) in [6, 6.07) is 3.55. The molecule has 0 radical (unpaired) electrons. The summed E-state index contributed by atoms with van der Waals surface area (Å²) in [6.07, 6.45) is 3.68. The number of likely N-dealkylation sites (N-methyl/N-ethyl adjacent to an activating group) is 1. The molecular formula is C16H21F2NO2. The van der Waals surface area contributed by atoms with E-state index in [-0.39, 0.29) is 18.4 Å². The molecule has 2 atom stereocenters. The smallest absolute Gasteiger partial charge is 0.222 e. The highest BCUT2D eigenvalue weighted by Crippen LogP contribution is 2.23. The second-order valence-electron chi connectivity index (χ2n) is 5.67. The number of carbonyl (C=O) groups excluding carboxylic acids is 1. The van der Waals surface area contributed by atoms with Crippen LogP contribution in [0.3, 0.4) is 0 Å². The van der Waals surface area contributed by atoms with Crippen LogP contribution in [0.25, 0.3) is 0 Å². The molecule has 1 amide bonds. The molecule has 1 N–H and O–H groups in total. The van der Waals surface area contributed by atoms with Crippen LogP contribution in [0.15, 0.2) is 18.2 Å². The molecule has 0 spiro atoms. The molecule has 0 aromatic heterocycles. The Morgan fingerprint density at radius 1 is 1.29 bits per heavy atom. The van der Waals surface area contributed by atoms with Crippen molar-refractivity contribution in [3.63, 3.8) is 0 Å². The minimum atomic E-state index is -0.893. The van der Waals surface area contributed by atoms with Gasteiger partial charge in [0.05, 0.1) is 12.1 Å². The van der Waals surface area contributed by atoms with Gasteiger partial charge in [-0.05, 0) is 37.0 Å². The number of nitrogens with zero attached hydrogens (tertiary/aromatic N) is 1. The quantitative estimate of drug-likeness (QED) is 0.928. The molecule has 0 aliphatic heterocycles. The lowest BCUT2D eigenvalue weighted by Gasteiger charge is -2.35. The van der Waals surface area contributed by atoms with Crippen molar-refractivity contribution in [3.05, 3.63) is 35.4 Å². The van der Waals surface area contributed by atoms with Crippen molar-refractivity contribution in [1.82, 2.24) is 4.90 Å². The zero-order chi connectivity index (χ0) is 15.4. The average molecular weight is 297 g/mol. The van der Waals surface area contributed by atoms with Gasteiger partial charge in [-0.25, -0.2) is 8.78 Å². The maximum atomic E-state index is 13.1. The van der Waals surface area contributed by atoms with Gasteiger partial charge in [0.15, 0.2) is 11.6 Å². The van der Waals surface area contributed by atoms with Crippen molar-refractivity contribution in [2.24, 2.45) is 0 Å². The van der Waals surface area contributed by atoms with Crippen LogP contribution >= 0.6 is 0 Å². The van der Waals surface area contributed by atoms with E-state index in [1.165, 1.54) is 6.07 Å². The lowest BCUT2D eigenvalue weighted by Crippen LogP contribution is -2.46. The highest BCUT2D eigenvalue weighted by molar-refractivity contribution is 5.76. The lowest BCUT2D eigenvalue weighted by atomic mass is 9.91. The minimum absolute atomic E-state index is 0.0781. The third-order valence-electron chi connectivity index (χ3n) is 4.20. The number of carbonyl (C=O) groups is 1. The van der Waals surface area contributed by atoms with E-state index in [4.69, 9.17) is 0 Å². The molecule has 2 unspecified atom stereocenters. The maximum Gasteiger partial charge on any atom is 0.222 e. The first-order chi connectivity index (χ1) is 9.99. The summed E-state index contributed by atoms with van der Waals surface area (Å²) in [5, 5.41) is 9.96. The van der Waals surface area contributed by atoms with Gasteiger partial charge in [-0.15, -0.1) is 0 Å². The van der Waals surface area contributed by atoms with E-state index in [2.05, 4.69) is 0 Å². The number of aryl methyl sites for hydroxylation is 1. The van der Waals surface area contributed by atoms with Gasteiger partial charge in [-0.3, -0.25) is 4.79 Å². The third-order valence-corrected chi connectivity index (χ3v) is 4.20. The van der Waals surface area contributed by atoms with Crippen molar-refractivity contribution in [3.8, 4) is 0 Å². The Hall–Kier alpha value is -1.49. The first kappa shape index (κ1) is 15.9. The maximum absolute atomic E-state index is 13.1. The van der Waals surface area contributed by atoms with Gasteiger partial charge in [-0.1, -0.05) is 18.9 Å². The molecule has 0 saturated heterocycles. The van der Waals surface area contributed by atoms with Crippen molar-refractivity contribution in [2.45, 2.75) is 50.7 Å². The van der Waals surface area contributed by atoms with Gasteiger partial charge < -0.3 is 10.0 Å². The van der Waals surface area contributed by atoms with Crippen molar-refractivity contribution in [1.29, 1.82) is 0 Å². The van der Waals surface area contributed by atoms with Crippen LogP contribution in [0, 0.1) is 11.6 Å². The fraction of sp³-hybridized carbons (Fsp3) is 0.562. The van der Waals surface area contributed by atoms with Gasteiger partial charge in [-0.2, -0.15) is 0 Å².